The third-order valence-corrected chi connectivity index (χ3v) is 28.2. The summed E-state index contributed by atoms with van der Waals surface area (Å²) in [5.74, 6) is 1.36. The van der Waals surface area contributed by atoms with Crippen LogP contribution in [0.1, 0.15) is 68.4 Å². The molecule has 0 N–H and O–H groups in total. The molecule has 0 heterocycles. The van der Waals surface area contributed by atoms with Crippen LogP contribution in [0.4, 0.5) is 0 Å². The Morgan fingerprint density at radius 1 is 0.906 bits per heavy atom. The fourth-order valence-corrected chi connectivity index (χ4v) is 29.8. The fraction of sp³-hybridized carbons (Fsp3) is 0.429. The Balaban J connectivity index is 1.82. The van der Waals surface area contributed by atoms with Gasteiger partial charge in [-0.05, 0) is 0 Å². The summed E-state index contributed by atoms with van der Waals surface area (Å²) in [4.78, 5) is 0. The van der Waals surface area contributed by atoms with Gasteiger partial charge in [0, 0.05) is 0 Å². The van der Waals surface area contributed by atoms with E-state index in [2.05, 4.69) is 96.2 Å². The molecule has 0 saturated carbocycles. The number of hydrogen-bond donors (Lipinski definition) is 0. The zero-order valence-corrected chi connectivity index (χ0v) is 26.1. The molecule has 2 atom stereocenters. The van der Waals surface area contributed by atoms with E-state index in [1.54, 1.807) is 5.31 Å². The Labute approximate surface area is 207 Å². The first-order valence-corrected chi connectivity index (χ1v) is 26.6. The van der Waals surface area contributed by atoms with Crippen LogP contribution in [0.25, 0.3) is 12.2 Å². The molecule has 0 spiro atoms. The van der Waals surface area contributed by atoms with Gasteiger partial charge in [-0.1, -0.05) is 0 Å². The van der Waals surface area contributed by atoms with Gasteiger partial charge in [0.1, 0.15) is 0 Å². The summed E-state index contributed by atoms with van der Waals surface area (Å²) < 4.78 is 0.446. The van der Waals surface area contributed by atoms with Gasteiger partial charge in [-0.3, -0.25) is 0 Å². The van der Waals surface area contributed by atoms with E-state index < -0.39 is 17.6 Å². The van der Waals surface area contributed by atoms with Crippen LogP contribution in [-0.4, -0.2) is 12.3 Å². The van der Waals surface area contributed by atoms with E-state index in [0.29, 0.717) is 11.8 Å². The number of allylic oxidation sites excluding steroid dienone is 2. The zero-order valence-electron chi connectivity index (χ0n) is 20.1. The van der Waals surface area contributed by atoms with Crippen molar-refractivity contribution in [1.29, 1.82) is 0 Å². The number of benzene rings is 2. The van der Waals surface area contributed by atoms with E-state index >= 15 is 0 Å². The number of fused-ring (bicyclic) bond motifs is 2. The van der Waals surface area contributed by atoms with Crippen molar-refractivity contribution in [3.05, 3.63) is 81.2 Å². The van der Waals surface area contributed by atoms with Gasteiger partial charge < -0.3 is 0 Å². The van der Waals surface area contributed by atoms with Crippen molar-refractivity contribution in [3.63, 3.8) is 0 Å². The molecular weight excluding hydrogens is 617 g/mol. The second-order valence-corrected chi connectivity index (χ2v) is 33.7. The molecular formula is C28H35Cl2HfP. The molecule has 0 amide bonds. The maximum absolute atomic E-state index is 7.75. The molecule has 0 bridgehead atoms. The van der Waals surface area contributed by atoms with Crippen LogP contribution >= 0.6 is 25.1 Å². The van der Waals surface area contributed by atoms with Crippen molar-refractivity contribution in [3.8, 4) is 0 Å². The second-order valence-electron chi connectivity index (χ2n) is 10.4. The number of aryl methyl sites for hydroxylation is 2. The molecule has 32 heavy (non-hydrogen) atoms. The predicted molar refractivity (Wildman–Crippen MR) is 143 cm³/mol. The first-order chi connectivity index (χ1) is 15.1. The van der Waals surface area contributed by atoms with Crippen molar-refractivity contribution in [2.45, 2.75) is 48.9 Å². The molecule has 0 aromatic heterocycles. The number of halogens is 2. The van der Waals surface area contributed by atoms with Crippen LogP contribution in [0.3, 0.4) is 0 Å². The summed E-state index contributed by atoms with van der Waals surface area (Å²) in [7, 11) is 15.2. The van der Waals surface area contributed by atoms with Crippen LogP contribution in [0, 0.1) is 25.7 Å². The predicted octanol–water partition coefficient (Wildman–Crippen LogP) is 9.72. The van der Waals surface area contributed by atoms with E-state index in [1.807, 2.05) is 0 Å². The van der Waals surface area contributed by atoms with Gasteiger partial charge in [0.2, 0.25) is 0 Å². The van der Waals surface area contributed by atoms with Crippen LogP contribution in [0.15, 0.2) is 47.8 Å². The monoisotopic (exact) mass is 652 g/mol. The average molecular weight is 652 g/mol. The molecule has 0 nitrogen and oxygen atoms in total. The number of rotatable bonds is 7. The minimum atomic E-state index is -3.94. The SMILES string of the molecule is Cc1ccc(C)c2c1C=C[CH]2[Hf]([Cl])([Cl])[CH]1C(P(CC(C)C)CC(C)C)=Cc2ccccc21. The van der Waals surface area contributed by atoms with E-state index in [9.17, 15) is 0 Å². The summed E-state index contributed by atoms with van der Waals surface area (Å²) in [5.41, 5.74) is 8.14. The molecule has 4 heteroatoms. The van der Waals surface area contributed by atoms with Crippen LogP contribution in [0.2, 0.25) is 0 Å². The van der Waals surface area contributed by atoms with Crippen LogP contribution in [-0.2, 0) is 17.6 Å². The van der Waals surface area contributed by atoms with Crippen LogP contribution in [0.5, 0.6) is 0 Å². The Kier molecular flexibility index (Phi) is 7.64. The molecule has 0 radical (unpaired) electrons. The Morgan fingerprint density at radius 3 is 2.19 bits per heavy atom. The molecule has 2 unspecified atom stereocenters. The second kappa shape index (κ2) is 9.81. The van der Waals surface area contributed by atoms with Gasteiger partial charge in [-0.2, -0.15) is 0 Å². The third-order valence-electron chi connectivity index (χ3n) is 6.73. The first-order valence-electron chi connectivity index (χ1n) is 11.8. The molecule has 2 aliphatic rings. The van der Waals surface area contributed by atoms with Crippen molar-refractivity contribution < 1.29 is 17.6 Å². The van der Waals surface area contributed by atoms with Crippen molar-refractivity contribution in [2.75, 3.05) is 12.3 Å². The van der Waals surface area contributed by atoms with Crippen molar-refractivity contribution in [2.24, 2.45) is 11.8 Å². The summed E-state index contributed by atoms with van der Waals surface area (Å²) >= 11 is -3.94. The fourth-order valence-electron chi connectivity index (χ4n) is 5.43. The first kappa shape index (κ1) is 24.9. The zero-order chi connectivity index (χ0) is 23.2. The van der Waals surface area contributed by atoms with Gasteiger partial charge >= 0.3 is 209 Å². The summed E-state index contributed by atoms with van der Waals surface area (Å²) in [6.45, 7) is 13.8. The Hall–Kier alpha value is -0.200. The van der Waals surface area contributed by atoms with E-state index in [4.69, 9.17) is 17.2 Å². The van der Waals surface area contributed by atoms with E-state index in [0.717, 1.165) is 0 Å². The van der Waals surface area contributed by atoms with E-state index in [-0.39, 0.29) is 15.3 Å². The molecule has 0 aliphatic heterocycles. The quantitative estimate of drug-likeness (QED) is 0.207. The maximum atomic E-state index is 7.75. The Morgan fingerprint density at radius 2 is 1.53 bits per heavy atom. The van der Waals surface area contributed by atoms with Gasteiger partial charge in [0.15, 0.2) is 0 Å². The minimum absolute atomic E-state index is 0.204. The average Bonchev–Trinajstić information content (AvgIpc) is 3.33. The van der Waals surface area contributed by atoms with Gasteiger partial charge in [-0.15, -0.1) is 0 Å². The summed E-state index contributed by atoms with van der Waals surface area (Å²) in [6.07, 6.45) is 9.64. The molecule has 0 fully saturated rings. The van der Waals surface area contributed by atoms with Crippen molar-refractivity contribution in [1.82, 2.24) is 0 Å². The molecule has 2 aliphatic carbocycles. The molecule has 2 aromatic carbocycles. The van der Waals surface area contributed by atoms with Gasteiger partial charge in [0.25, 0.3) is 0 Å². The topological polar surface area (TPSA) is 0 Å². The normalized spacial score (nSPS) is 19.8. The van der Waals surface area contributed by atoms with Crippen LogP contribution < -0.4 is 0 Å². The molecule has 4 rings (SSSR count). The van der Waals surface area contributed by atoms with Crippen molar-refractivity contribution >= 4 is 37.2 Å². The standard InChI is InChI=1S/C17H24P.C11H11.2ClH.Hf/c1-13(2)11-18(12-14(3)4)17-9-15-7-5-6-8-16(15)10-17;1-8-6-7-9(2)11-5-3-4-10(8)11;;;/h5-10,13-14H,11-12H2,1-4H3;3-7H,1-2H3;2*1H;/q;;;;+2/p-2. The molecule has 170 valence electrons. The summed E-state index contributed by atoms with van der Waals surface area (Å²) in [6, 6.07) is 13.4. The van der Waals surface area contributed by atoms with E-state index in [1.165, 1.54) is 45.7 Å². The third kappa shape index (κ3) is 4.66. The van der Waals surface area contributed by atoms with Gasteiger partial charge in [-0.25, -0.2) is 0 Å². The Bertz CT molecular complexity index is 1060. The molecule has 2 aromatic rings. The van der Waals surface area contributed by atoms with Gasteiger partial charge in [0.05, 0.1) is 0 Å². The number of hydrogen-bond acceptors (Lipinski definition) is 0. The summed E-state index contributed by atoms with van der Waals surface area (Å²) in [5, 5.41) is 1.59. The molecule has 0 saturated heterocycles.